The van der Waals surface area contributed by atoms with Gasteiger partial charge in [-0.05, 0) is 18.9 Å². The minimum atomic E-state index is 0.483. The Hall–Kier alpha value is -0.640. The fraction of sp³-hybridized carbons (Fsp3) is 0.538. The summed E-state index contributed by atoms with van der Waals surface area (Å²) >= 11 is 12.4. The monoisotopic (exact) mass is 289 g/mol. The molecule has 1 saturated heterocycles. The molecule has 1 aromatic rings. The second-order valence-corrected chi connectivity index (χ2v) is 5.08. The molecule has 100 valence electrons. The number of rotatable bonds is 5. The van der Waals surface area contributed by atoms with Crippen LogP contribution in [0.4, 0.5) is 5.69 Å². The van der Waals surface area contributed by atoms with E-state index in [1.807, 2.05) is 6.07 Å². The van der Waals surface area contributed by atoms with Crippen LogP contribution in [-0.2, 0) is 4.74 Å². The molecule has 18 heavy (non-hydrogen) atoms. The Balaban J connectivity index is 2.16. The van der Waals surface area contributed by atoms with Crippen molar-refractivity contribution in [2.45, 2.75) is 12.8 Å². The van der Waals surface area contributed by atoms with Gasteiger partial charge in [-0.2, -0.15) is 0 Å². The molecule has 0 bridgehead atoms. The minimum absolute atomic E-state index is 0.483. The number of halogens is 2. The van der Waals surface area contributed by atoms with Gasteiger partial charge in [0.15, 0.2) is 0 Å². The average Bonchev–Trinajstić information content (AvgIpc) is 2.85. The Labute approximate surface area is 118 Å². The van der Waals surface area contributed by atoms with Crippen LogP contribution in [0.15, 0.2) is 12.1 Å². The van der Waals surface area contributed by atoms with Crippen molar-refractivity contribution < 1.29 is 9.47 Å². The number of hydrogen-bond acceptors (Lipinski definition) is 3. The lowest BCUT2D eigenvalue weighted by Gasteiger charge is -2.20. The van der Waals surface area contributed by atoms with Crippen LogP contribution in [0.1, 0.15) is 12.8 Å². The van der Waals surface area contributed by atoms with Crippen LogP contribution in [0.2, 0.25) is 10.0 Å². The van der Waals surface area contributed by atoms with Crippen molar-refractivity contribution >= 4 is 28.9 Å². The Kier molecular flexibility index (Phi) is 4.98. The highest BCUT2D eigenvalue weighted by Gasteiger charge is 2.17. The molecule has 0 atom stereocenters. The molecule has 0 spiro atoms. The van der Waals surface area contributed by atoms with Gasteiger partial charge in [-0.3, -0.25) is 0 Å². The smallest absolute Gasteiger partial charge is 0.140 e. The first-order valence-corrected chi connectivity index (χ1v) is 6.83. The lowest BCUT2D eigenvalue weighted by Crippen LogP contribution is -2.18. The van der Waals surface area contributed by atoms with E-state index in [4.69, 9.17) is 32.7 Å². The first-order chi connectivity index (χ1) is 8.72. The Morgan fingerprint density at radius 3 is 2.50 bits per heavy atom. The van der Waals surface area contributed by atoms with E-state index in [0.29, 0.717) is 29.0 Å². The number of ether oxygens (including phenoxy) is 2. The summed E-state index contributed by atoms with van der Waals surface area (Å²) in [5.41, 5.74) is 1.01. The van der Waals surface area contributed by atoms with Crippen molar-refractivity contribution in [2.24, 2.45) is 0 Å². The van der Waals surface area contributed by atoms with Crippen molar-refractivity contribution in [1.82, 2.24) is 0 Å². The molecular formula is C13H17Cl2NO2. The van der Waals surface area contributed by atoms with Gasteiger partial charge in [0.1, 0.15) is 12.4 Å². The van der Waals surface area contributed by atoms with Crippen LogP contribution >= 0.6 is 23.2 Å². The number of benzene rings is 1. The largest absolute Gasteiger partial charge is 0.490 e. The van der Waals surface area contributed by atoms with Crippen LogP contribution in [0.5, 0.6) is 5.75 Å². The molecule has 1 aromatic carbocycles. The van der Waals surface area contributed by atoms with Gasteiger partial charge in [0.2, 0.25) is 0 Å². The first-order valence-electron chi connectivity index (χ1n) is 6.08. The summed E-state index contributed by atoms with van der Waals surface area (Å²) in [6.45, 7) is 3.10. The van der Waals surface area contributed by atoms with Crippen LogP contribution in [0.25, 0.3) is 0 Å². The Bertz CT molecular complexity index is 406. The van der Waals surface area contributed by atoms with Gasteiger partial charge in [0.25, 0.3) is 0 Å². The molecule has 1 heterocycles. The maximum atomic E-state index is 6.24. The molecule has 1 aliphatic rings. The third-order valence-corrected chi connectivity index (χ3v) is 3.59. The second-order valence-electron chi connectivity index (χ2n) is 4.27. The number of nitrogens with zero attached hydrogens (tertiary/aromatic N) is 1. The van der Waals surface area contributed by atoms with Crippen LogP contribution < -0.4 is 9.64 Å². The molecule has 0 aromatic heterocycles. The molecular weight excluding hydrogens is 273 g/mol. The molecule has 2 rings (SSSR count). The van der Waals surface area contributed by atoms with E-state index in [1.54, 1.807) is 13.2 Å². The lowest BCUT2D eigenvalue weighted by atomic mass is 10.2. The fourth-order valence-corrected chi connectivity index (χ4v) is 2.62. The molecule has 5 heteroatoms. The van der Waals surface area contributed by atoms with Gasteiger partial charge >= 0.3 is 0 Å². The van der Waals surface area contributed by atoms with Gasteiger partial charge in [0, 0.05) is 26.3 Å². The fourth-order valence-electron chi connectivity index (χ4n) is 2.06. The third-order valence-electron chi connectivity index (χ3n) is 2.99. The van der Waals surface area contributed by atoms with Gasteiger partial charge in [-0.1, -0.05) is 23.2 Å². The molecule has 0 saturated carbocycles. The van der Waals surface area contributed by atoms with Crippen LogP contribution in [-0.4, -0.2) is 33.4 Å². The summed E-state index contributed by atoms with van der Waals surface area (Å²) in [6.07, 6.45) is 2.41. The van der Waals surface area contributed by atoms with E-state index in [2.05, 4.69) is 4.90 Å². The van der Waals surface area contributed by atoms with Crippen molar-refractivity contribution in [2.75, 3.05) is 38.3 Å². The van der Waals surface area contributed by atoms with Crippen molar-refractivity contribution in [3.63, 3.8) is 0 Å². The van der Waals surface area contributed by atoms with Crippen LogP contribution in [0.3, 0.4) is 0 Å². The van der Waals surface area contributed by atoms with Gasteiger partial charge < -0.3 is 14.4 Å². The SMILES string of the molecule is COCCOc1cc(N2CCCC2)c(Cl)cc1Cl. The summed E-state index contributed by atoms with van der Waals surface area (Å²) < 4.78 is 10.5. The maximum absolute atomic E-state index is 6.24. The predicted molar refractivity (Wildman–Crippen MR) is 75.3 cm³/mol. The first kappa shape index (κ1) is 13.8. The molecule has 0 aliphatic carbocycles. The summed E-state index contributed by atoms with van der Waals surface area (Å²) in [5, 5.41) is 1.22. The Morgan fingerprint density at radius 1 is 1.11 bits per heavy atom. The Morgan fingerprint density at radius 2 is 1.83 bits per heavy atom. The van der Waals surface area contributed by atoms with E-state index in [9.17, 15) is 0 Å². The van der Waals surface area contributed by atoms with Crippen molar-refractivity contribution in [3.8, 4) is 5.75 Å². The van der Waals surface area contributed by atoms with E-state index < -0.39 is 0 Å². The quantitative estimate of drug-likeness (QED) is 0.773. The third kappa shape index (κ3) is 3.22. The van der Waals surface area contributed by atoms with E-state index in [-0.39, 0.29) is 0 Å². The van der Waals surface area contributed by atoms with Gasteiger partial charge in [0.05, 0.1) is 22.3 Å². The molecule has 0 N–H and O–H groups in total. The molecule has 1 aliphatic heterocycles. The molecule has 0 amide bonds. The highest BCUT2D eigenvalue weighted by molar-refractivity contribution is 6.37. The highest BCUT2D eigenvalue weighted by Crippen LogP contribution is 2.37. The normalized spacial score (nSPS) is 15.2. The van der Waals surface area contributed by atoms with E-state index in [0.717, 1.165) is 18.8 Å². The zero-order valence-corrected chi connectivity index (χ0v) is 11.9. The number of hydrogen-bond donors (Lipinski definition) is 0. The van der Waals surface area contributed by atoms with E-state index in [1.165, 1.54) is 12.8 Å². The molecule has 3 nitrogen and oxygen atoms in total. The lowest BCUT2D eigenvalue weighted by molar-refractivity contribution is 0.146. The van der Waals surface area contributed by atoms with Crippen molar-refractivity contribution in [1.29, 1.82) is 0 Å². The van der Waals surface area contributed by atoms with Gasteiger partial charge in [-0.15, -0.1) is 0 Å². The molecule has 0 radical (unpaired) electrons. The number of anilines is 1. The average molecular weight is 290 g/mol. The topological polar surface area (TPSA) is 21.7 Å². The second kappa shape index (κ2) is 6.50. The number of methoxy groups -OCH3 is 1. The minimum Gasteiger partial charge on any atom is -0.490 e. The maximum Gasteiger partial charge on any atom is 0.140 e. The summed E-state index contributed by atoms with van der Waals surface area (Å²) in [6, 6.07) is 3.67. The van der Waals surface area contributed by atoms with Crippen molar-refractivity contribution in [3.05, 3.63) is 22.2 Å². The summed E-state index contributed by atoms with van der Waals surface area (Å²) in [4.78, 5) is 2.27. The van der Waals surface area contributed by atoms with Crippen LogP contribution in [0, 0.1) is 0 Å². The van der Waals surface area contributed by atoms with Gasteiger partial charge in [-0.25, -0.2) is 0 Å². The summed E-state index contributed by atoms with van der Waals surface area (Å²) in [5.74, 6) is 0.667. The molecule has 1 fully saturated rings. The zero-order valence-electron chi connectivity index (χ0n) is 10.4. The zero-order chi connectivity index (χ0) is 13.0. The predicted octanol–water partition coefficient (Wildman–Crippen LogP) is 3.62. The standard InChI is InChI=1S/C13H17Cl2NO2/c1-17-6-7-18-13-9-12(10(14)8-11(13)15)16-4-2-3-5-16/h8-9H,2-7H2,1H3. The molecule has 0 unspecified atom stereocenters. The van der Waals surface area contributed by atoms with E-state index >= 15 is 0 Å². The highest BCUT2D eigenvalue weighted by atomic mass is 35.5. The summed E-state index contributed by atoms with van der Waals surface area (Å²) in [7, 11) is 1.64.